The van der Waals surface area contributed by atoms with Crippen molar-refractivity contribution < 1.29 is 9.90 Å². The minimum atomic E-state index is -0.229. The summed E-state index contributed by atoms with van der Waals surface area (Å²) in [5.41, 5.74) is 7.94. The van der Waals surface area contributed by atoms with Gasteiger partial charge < -0.3 is 16.2 Å². The van der Waals surface area contributed by atoms with Crippen LogP contribution in [0.3, 0.4) is 0 Å². The number of hydrogen-bond acceptors (Lipinski definition) is 3. The SMILES string of the molecule is CC(N)c1ccccc1NC(=O)c1ccc(O)cc1. The first-order chi connectivity index (χ1) is 9.08. The molecule has 19 heavy (non-hydrogen) atoms. The molecule has 4 N–H and O–H groups in total. The van der Waals surface area contributed by atoms with Gasteiger partial charge in [0.05, 0.1) is 0 Å². The number of benzene rings is 2. The minimum Gasteiger partial charge on any atom is -0.508 e. The maximum Gasteiger partial charge on any atom is 0.255 e. The molecule has 98 valence electrons. The van der Waals surface area contributed by atoms with Crippen LogP contribution in [0.15, 0.2) is 48.5 Å². The first-order valence-corrected chi connectivity index (χ1v) is 6.03. The Morgan fingerprint density at radius 1 is 1.16 bits per heavy atom. The molecule has 0 aromatic heterocycles. The van der Waals surface area contributed by atoms with E-state index in [1.54, 1.807) is 12.1 Å². The fraction of sp³-hybridized carbons (Fsp3) is 0.133. The summed E-state index contributed by atoms with van der Waals surface area (Å²) in [5, 5.41) is 12.0. The van der Waals surface area contributed by atoms with Crippen molar-refractivity contribution in [3.63, 3.8) is 0 Å². The standard InChI is InChI=1S/C15H16N2O2/c1-10(16)13-4-2-3-5-14(13)17-15(19)11-6-8-12(18)9-7-11/h2-10,18H,16H2,1H3,(H,17,19). The highest BCUT2D eigenvalue weighted by Gasteiger charge is 2.10. The van der Waals surface area contributed by atoms with Crippen LogP contribution >= 0.6 is 0 Å². The van der Waals surface area contributed by atoms with Gasteiger partial charge in [0.15, 0.2) is 0 Å². The van der Waals surface area contributed by atoms with Crippen molar-refractivity contribution in [2.45, 2.75) is 13.0 Å². The molecule has 0 fully saturated rings. The van der Waals surface area contributed by atoms with Crippen molar-refractivity contribution in [2.75, 3.05) is 5.32 Å². The number of carbonyl (C=O) groups excluding carboxylic acids is 1. The number of carbonyl (C=O) groups is 1. The molecule has 0 spiro atoms. The monoisotopic (exact) mass is 256 g/mol. The number of hydrogen-bond donors (Lipinski definition) is 3. The Balaban J connectivity index is 2.22. The van der Waals surface area contributed by atoms with E-state index in [4.69, 9.17) is 5.73 Å². The molecule has 0 heterocycles. The van der Waals surface area contributed by atoms with Crippen LogP contribution in [0.5, 0.6) is 5.75 Å². The molecule has 0 aliphatic carbocycles. The largest absolute Gasteiger partial charge is 0.508 e. The molecular weight excluding hydrogens is 240 g/mol. The van der Waals surface area contributed by atoms with Gasteiger partial charge in [-0.1, -0.05) is 18.2 Å². The van der Waals surface area contributed by atoms with Gasteiger partial charge >= 0.3 is 0 Å². The second-order valence-corrected chi connectivity index (χ2v) is 4.38. The second-order valence-electron chi connectivity index (χ2n) is 4.38. The van der Waals surface area contributed by atoms with Gasteiger partial charge in [0.25, 0.3) is 5.91 Å². The second kappa shape index (κ2) is 5.54. The molecule has 1 atom stereocenters. The molecule has 0 saturated carbocycles. The topological polar surface area (TPSA) is 75.3 Å². The van der Waals surface area contributed by atoms with Gasteiger partial charge in [-0.25, -0.2) is 0 Å². The molecule has 0 bridgehead atoms. The molecule has 2 rings (SSSR count). The van der Waals surface area contributed by atoms with Crippen LogP contribution in [0.25, 0.3) is 0 Å². The van der Waals surface area contributed by atoms with Crippen LogP contribution in [0.2, 0.25) is 0 Å². The highest BCUT2D eigenvalue weighted by atomic mass is 16.3. The Morgan fingerprint density at radius 2 is 1.79 bits per heavy atom. The average Bonchev–Trinajstić information content (AvgIpc) is 2.39. The first-order valence-electron chi connectivity index (χ1n) is 6.03. The van der Waals surface area contributed by atoms with Crippen molar-refractivity contribution in [1.29, 1.82) is 0 Å². The van der Waals surface area contributed by atoms with Gasteiger partial charge in [0, 0.05) is 17.3 Å². The van der Waals surface area contributed by atoms with E-state index in [2.05, 4.69) is 5.32 Å². The zero-order chi connectivity index (χ0) is 13.8. The predicted molar refractivity (Wildman–Crippen MR) is 75.1 cm³/mol. The summed E-state index contributed by atoms with van der Waals surface area (Å²) in [4.78, 5) is 12.1. The number of amides is 1. The first kappa shape index (κ1) is 13.1. The van der Waals surface area contributed by atoms with Crippen LogP contribution in [0.4, 0.5) is 5.69 Å². The van der Waals surface area contributed by atoms with Gasteiger partial charge in [-0.2, -0.15) is 0 Å². The number of rotatable bonds is 3. The highest BCUT2D eigenvalue weighted by molar-refractivity contribution is 6.04. The van der Waals surface area contributed by atoms with Crippen molar-refractivity contribution in [3.8, 4) is 5.75 Å². The Labute approximate surface area is 111 Å². The van der Waals surface area contributed by atoms with Crippen molar-refractivity contribution in [2.24, 2.45) is 5.73 Å². The molecule has 4 nitrogen and oxygen atoms in total. The molecule has 2 aromatic rings. The Kier molecular flexibility index (Phi) is 3.82. The molecule has 1 unspecified atom stereocenters. The normalized spacial score (nSPS) is 11.9. The van der Waals surface area contributed by atoms with Crippen LogP contribution in [0, 0.1) is 0 Å². The lowest BCUT2D eigenvalue weighted by molar-refractivity contribution is 0.102. The van der Waals surface area contributed by atoms with Crippen LogP contribution in [0.1, 0.15) is 28.9 Å². The number of nitrogens with two attached hydrogens (primary N) is 1. The van der Waals surface area contributed by atoms with Crippen molar-refractivity contribution in [1.82, 2.24) is 0 Å². The molecule has 0 aliphatic heterocycles. The Bertz CT molecular complexity index is 577. The number of phenols is 1. The zero-order valence-electron chi connectivity index (χ0n) is 10.6. The summed E-state index contributed by atoms with van der Waals surface area (Å²) in [6, 6.07) is 13.4. The molecule has 2 aromatic carbocycles. The number of anilines is 1. The number of aromatic hydroxyl groups is 1. The quantitative estimate of drug-likeness (QED) is 0.790. The fourth-order valence-electron chi connectivity index (χ4n) is 1.82. The van der Waals surface area contributed by atoms with E-state index in [9.17, 15) is 9.90 Å². The molecule has 0 saturated heterocycles. The van der Waals surface area contributed by atoms with E-state index >= 15 is 0 Å². The minimum absolute atomic E-state index is 0.132. The zero-order valence-corrected chi connectivity index (χ0v) is 10.6. The van der Waals surface area contributed by atoms with E-state index in [0.29, 0.717) is 11.3 Å². The summed E-state index contributed by atoms with van der Waals surface area (Å²) >= 11 is 0. The van der Waals surface area contributed by atoms with Gasteiger partial charge in [-0.05, 0) is 42.8 Å². The van der Waals surface area contributed by atoms with Crippen LogP contribution < -0.4 is 11.1 Å². The van der Waals surface area contributed by atoms with Crippen LogP contribution in [-0.2, 0) is 0 Å². The molecule has 1 amide bonds. The maximum absolute atomic E-state index is 12.1. The third-order valence-corrected chi connectivity index (χ3v) is 2.83. The molecule has 4 heteroatoms. The number of nitrogens with one attached hydrogen (secondary N) is 1. The van der Waals surface area contributed by atoms with Gasteiger partial charge in [-0.3, -0.25) is 4.79 Å². The highest BCUT2D eigenvalue weighted by Crippen LogP contribution is 2.21. The third kappa shape index (κ3) is 3.11. The molecule has 0 aliphatic rings. The number of phenolic OH excluding ortho intramolecular Hbond substituents is 1. The van der Waals surface area contributed by atoms with Crippen molar-refractivity contribution in [3.05, 3.63) is 59.7 Å². The van der Waals surface area contributed by atoms with E-state index in [1.807, 2.05) is 31.2 Å². The molecular formula is C15H16N2O2. The van der Waals surface area contributed by atoms with Gasteiger partial charge in [0.1, 0.15) is 5.75 Å². The van der Waals surface area contributed by atoms with Crippen molar-refractivity contribution >= 4 is 11.6 Å². The van der Waals surface area contributed by atoms with Gasteiger partial charge in [0.2, 0.25) is 0 Å². The lowest BCUT2D eigenvalue weighted by Gasteiger charge is -2.13. The van der Waals surface area contributed by atoms with E-state index in [0.717, 1.165) is 5.56 Å². The summed E-state index contributed by atoms with van der Waals surface area (Å²) in [6.45, 7) is 1.87. The Hall–Kier alpha value is -2.33. The van der Waals surface area contributed by atoms with E-state index in [1.165, 1.54) is 12.1 Å². The molecule has 0 radical (unpaired) electrons. The smallest absolute Gasteiger partial charge is 0.255 e. The summed E-state index contributed by atoms with van der Waals surface area (Å²) in [6.07, 6.45) is 0. The number of para-hydroxylation sites is 1. The van der Waals surface area contributed by atoms with Gasteiger partial charge in [-0.15, -0.1) is 0 Å². The maximum atomic E-state index is 12.1. The van der Waals surface area contributed by atoms with E-state index in [-0.39, 0.29) is 17.7 Å². The van der Waals surface area contributed by atoms with E-state index < -0.39 is 0 Å². The lowest BCUT2D eigenvalue weighted by atomic mass is 10.1. The average molecular weight is 256 g/mol. The lowest BCUT2D eigenvalue weighted by Crippen LogP contribution is -2.15. The Morgan fingerprint density at radius 3 is 2.42 bits per heavy atom. The third-order valence-electron chi connectivity index (χ3n) is 2.83. The van der Waals surface area contributed by atoms with Crippen LogP contribution in [-0.4, -0.2) is 11.0 Å². The summed E-state index contributed by atoms with van der Waals surface area (Å²) in [5.74, 6) is -0.0966. The summed E-state index contributed by atoms with van der Waals surface area (Å²) in [7, 11) is 0. The fourth-order valence-corrected chi connectivity index (χ4v) is 1.82. The predicted octanol–water partition coefficient (Wildman–Crippen LogP) is 2.66. The summed E-state index contributed by atoms with van der Waals surface area (Å²) < 4.78 is 0.